The molecule has 0 saturated carbocycles. The van der Waals surface area contributed by atoms with Gasteiger partial charge in [-0.3, -0.25) is 10.1 Å². The number of hydrogen-bond donors (Lipinski definition) is 1. The Morgan fingerprint density at radius 2 is 2.05 bits per heavy atom. The van der Waals surface area contributed by atoms with Crippen LogP contribution in [0.4, 0.5) is 10.1 Å². The highest BCUT2D eigenvalue weighted by molar-refractivity contribution is 5.34. The van der Waals surface area contributed by atoms with Crippen LogP contribution in [0.25, 0.3) is 0 Å². The molecule has 1 rings (SSSR count). The van der Waals surface area contributed by atoms with E-state index >= 15 is 0 Å². The van der Waals surface area contributed by atoms with Crippen LogP contribution in [0.15, 0.2) is 18.2 Å². The second kappa shape index (κ2) is 6.08. The highest BCUT2D eigenvalue weighted by atomic mass is 19.1. The molecule has 106 valence electrons. The monoisotopic (exact) mass is 269 g/mol. The Kier molecular flexibility index (Phi) is 4.97. The van der Waals surface area contributed by atoms with Gasteiger partial charge < -0.3 is 10.2 Å². The van der Waals surface area contributed by atoms with Gasteiger partial charge in [-0.15, -0.1) is 0 Å². The molecule has 0 unspecified atom stereocenters. The number of hydrogen-bond acceptors (Lipinski definition) is 4. The Morgan fingerprint density at radius 1 is 1.42 bits per heavy atom. The summed E-state index contributed by atoms with van der Waals surface area (Å²) in [6, 6.07) is 3.97. The average molecular weight is 269 g/mol. The molecule has 0 heterocycles. The van der Waals surface area contributed by atoms with Gasteiger partial charge in [0, 0.05) is 24.7 Å². The number of benzene rings is 1. The molecule has 0 atom stereocenters. The van der Waals surface area contributed by atoms with Gasteiger partial charge in [0.05, 0.1) is 4.92 Å². The number of nitro benzene ring substituents is 1. The molecular formula is C13H20FN3O2. The summed E-state index contributed by atoms with van der Waals surface area (Å²) in [6.07, 6.45) is 0. The lowest BCUT2D eigenvalue weighted by Crippen LogP contribution is -2.46. The summed E-state index contributed by atoms with van der Waals surface area (Å²) in [5.74, 6) is -0.795. The van der Waals surface area contributed by atoms with E-state index in [-0.39, 0.29) is 5.54 Å². The van der Waals surface area contributed by atoms with Crippen LogP contribution < -0.4 is 5.32 Å². The molecule has 0 aliphatic heterocycles. The zero-order valence-corrected chi connectivity index (χ0v) is 11.7. The summed E-state index contributed by atoms with van der Waals surface area (Å²) >= 11 is 0. The van der Waals surface area contributed by atoms with Gasteiger partial charge in [0.25, 0.3) is 0 Å². The number of nitrogens with zero attached hydrogens (tertiary/aromatic N) is 2. The maximum atomic E-state index is 13.4. The van der Waals surface area contributed by atoms with Crippen molar-refractivity contribution in [3.8, 4) is 0 Å². The predicted molar refractivity (Wildman–Crippen MR) is 72.5 cm³/mol. The SMILES string of the molecule is CN(C)C(C)(C)CNCc1ccc([N+](=O)[O-])c(F)c1. The molecular weight excluding hydrogens is 249 g/mol. The minimum absolute atomic E-state index is 0.0146. The Labute approximate surface area is 112 Å². The fourth-order valence-corrected chi connectivity index (χ4v) is 1.48. The van der Waals surface area contributed by atoms with Crippen LogP contribution in [0.5, 0.6) is 0 Å². The van der Waals surface area contributed by atoms with Crippen molar-refractivity contribution in [1.29, 1.82) is 0 Å². The number of nitrogens with one attached hydrogen (secondary N) is 1. The smallest absolute Gasteiger partial charge is 0.304 e. The van der Waals surface area contributed by atoms with Crippen LogP contribution in [0, 0.1) is 15.9 Å². The second-order valence-electron chi connectivity index (χ2n) is 5.35. The lowest BCUT2D eigenvalue weighted by atomic mass is 10.0. The minimum atomic E-state index is -0.795. The van der Waals surface area contributed by atoms with Crippen molar-refractivity contribution in [2.45, 2.75) is 25.9 Å². The molecule has 1 aromatic carbocycles. The summed E-state index contributed by atoms with van der Waals surface area (Å²) in [7, 11) is 3.99. The molecule has 0 radical (unpaired) electrons. The molecule has 1 N–H and O–H groups in total. The summed E-state index contributed by atoms with van der Waals surface area (Å²) < 4.78 is 13.4. The maximum absolute atomic E-state index is 13.4. The van der Waals surface area contributed by atoms with Gasteiger partial charge in [0.1, 0.15) is 0 Å². The van der Waals surface area contributed by atoms with Gasteiger partial charge in [-0.05, 0) is 39.6 Å². The van der Waals surface area contributed by atoms with Crippen LogP contribution in [0.1, 0.15) is 19.4 Å². The first-order chi connectivity index (χ1) is 8.74. The van der Waals surface area contributed by atoms with Gasteiger partial charge in [-0.2, -0.15) is 4.39 Å². The Hall–Kier alpha value is -1.53. The number of halogens is 1. The molecule has 19 heavy (non-hydrogen) atoms. The largest absolute Gasteiger partial charge is 0.311 e. The molecule has 0 bridgehead atoms. The number of rotatable bonds is 6. The van der Waals surface area contributed by atoms with E-state index < -0.39 is 16.4 Å². The van der Waals surface area contributed by atoms with Crippen LogP contribution in [-0.2, 0) is 6.54 Å². The van der Waals surface area contributed by atoms with Crippen molar-refractivity contribution in [1.82, 2.24) is 10.2 Å². The molecule has 0 aliphatic carbocycles. The summed E-state index contributed by atoms with van der Waals surface area (Å²) in [4.78, 5) is 11.9. The zero-order chi connectivity index (χ0) is 14.6. The number of likely N-dealkylation sites (N-methyl/N-ethyl adjacent to an activating group) is 1. The van der Waals surface area contributed by atoms with Crippen molar-refractivity contribution in [3.05, 3.63) is 39.7 Å². The molecule has 0 aliphatic rings. The predicted octanol–water partition coefficient (Wildman–Crippen LogP) is 2.16. The molecule has 5 nitrogen and oxygen atoms in total. The molecule has 1 aromatic rings. The van der Waals surface area contributed by atoms with Crippen molar-refractivity contribution in [3.63, 3.8) is 0 Å². The summed E-state index contributed by atoms with van der Waals surface area (Å²) in [5.41, 5.74) is 0.189. The third kappa shape index (κ3) is 4.25. The van der Waals surface area contributed by atoms with E-state index in [0.717, 1.165) is 6.54 Å². The second-order valence-corrected chi connectivity index (χ2v) is 5.35. The lowest BCUT2D eigenvalue weighted by molar-refractivity contribution is -0.387. The van der Waals surface area contributed by atoms with E-state index in [4.69, 9.17) is 0 Å². The molecule has 0 amide bonds. The Morgan fingerprint density at radius 3 is 2.53 bits per heavy atom. The third-order valence-corrected chi connectivity index (χ3v) is 3.31. The van der Waals surface area contributed by atoms with Gasteiger partial charge in [-0.1, -0.05) is 6.07 Å². The quantitative estimate of drug-likeness (QED) is 0.635. The van der Waals surface area contributed by atoms with Crippen molar-refractivity contribution in [2.24, 2.45) is 0 Å². The average Bonchev–Trinajstić information content (AvgIpc) is 2.28. The number of nitro groups is 1. The molecule has 6 heteroatoms. The minimum Gasteiger partial charge on any atom is -0.311 e. The van der Waals surface area contributed by atoms with Crippen LogP contribution in [0.3, 0.4) is 0 Å². The van der Waals surface area contributed by atoms with Gasteiger partial charge in [-0.25, -0.2) is 0 Å². The van der Waals surface area contributed by atoms with Gasteiger partial charge in [0.15, 0.2) is 0 Å². The topological polar surface area (TPSA) is 58.4 Å². The summed E-state index contributed by atoms with van der Waals surface area (Å²) in [6.45, 7) is 5.40. The molecule has 0 spiro atoms. The normalized spacial score (nSPS) is 11.9. The van der Waals surface area contributed by atoms with E-state index in [0.29, 0.717) is 12.1 Å². The molecule has 0 fully saturated rings. The van der Waals surface area contributed by atoms with E-state index in [1.165, 1.54) is 12.1 Å². The first-order valence-electron chi connectivity index (χ1n) is 6.05. The van der Waals surface area contributed by atoms with Crippen LogP contribution >= 0.6 is 0 Å². The fourth-order valence-electron chi connectivity index (χ4n) is 1.48. The van der Waals surface area contributed by atoms with E-state index in [9.17, 15) is 14.5 Å². The maximum Gasteiger partial charge on any atom is 0.304 e. The van der Waals surface area contributed by atoms with Gasteiger partial charge >= 0.3 is 5.69 Å². The Bertz CT molecular complexity index is 461. The highest BCUT2D eigenvalue weighted by Gasteiger charge is 2.19. The van der Waals surface area contributed by atoms with Crippen molar-refractivity contribution in [2.75, 3.05) is 20.6 Å². The zero-order valence-electron chi connectivity index (χ0n) is 11.7. The first kappa shape index (κ1) is 15.5. The van der Waals surface area contributed by atoms with Crippen LogP contribution in [-0.4, -0.2) is 36.0 Å². The third-order valence-electron chi connectivity index (χ3n) is 3.31. The van der Waals surface area contributed by atoms with Crippen LogP contribution in [0.2, 0.25) is 0 Å². The van der Waals surface area contributed by atoms with E-state index in [2.05, 4.69) is 24.1 Å². The van der Waals surface area contributed by atoms with E-state index in [1.54, 1.807) is 6.07 Å². The molecule has 0 aromatic heterocycles. The molecule has 0 saturated heterocycles. The fraction of sp³-hybridized carbons (Fsp3) is 0.538. The summed E-state index contributed by atoms with van der Waals surface area (Å²) in [5, 5.41) is 13.7. The standard InChI is InChI=1S/C13H20FN3O2/c1-13(2,16(3)4)9-15-8-10-5-6-12(17(18)19)11(14)7-10/h5-7,15H,8-9H2,1-4H3. The highest BCUT2D eigenvalue weighted by Crippen LogP contribution is 2.18. The van der Waals surface area contributed by atoms with Gasteiger partial charge in [0.2, 0.25) is 5.82 Å². The Balaban J connectivity index is 2.60. The van der Waals surface area contributed by atoms with Crippen molar-refractivity contribution < 1.29 is 9.31 Å². The van der Waals surface area contributed by atoms with Crippen molar-refractivity contribution >= 4 is 5.69 Å². The van der Waals surface area contributed by atoms with E-state index in [1.807, 2.05) is 14.1 Å². The lowest BCUT2D eigenvalue weighted by Gasteiger charge is -2.32. The first-order valence-corrected chi connectivity index (χ1v) is 6.05.